The van der Waals surface area contributed by atoms with Crippen molar-refractivity contribution in [1.29, 1.82) is 0 Å². The molecule has 0 aromatic heterocycles. The Hall–Kier alpha value is -3.87. The van der Waals surface area contributed by atoms with Crippen LogP contribution in [0.1, 0.15) is 29.8 Å². The fourth-order valence-corrected chi connectivity index (χ4v) is 5.01. The first-order chi connectivity index (χ1) is 16.4. The molecule has 34 heavy (non-hydrogen) atoms. The van der Waals surface area contributed by atoms with Crippen molar-refractivity contribution < 1.29 is 14.4 Å². The lowest BCUT2D eigenvalue weighted by Gasteiger charge is -2.36. The molecule has 2 N–H and O–H groups in total. The van der Waals surface area contributed by atoms with Crippen LogP contribution in [0, 0.1) is 5.92 Å². The Labute approximate surface area is 198 Å². The highest BCUT2D eigenvalue weighted by Gasteiger charge is 2.50. The fourth-order valence-electron chi connectivity index (χ4n) is 5.01. The molecule has 1 atom stereocenters. The van der Waals surface area contributed by atoms with Gasteiger partial charge in [0.05, 0.1) is 0 Å². The van der Waals surface area contributed by atoms with Crippen molar-refractivity contribution in [3.63, 3.8) is 0 Å². The summed E-state index contributed by atoms with van der Waals surface area (Å²) in [6, 6.07) is 21.3. The Morgan fingerprint density at radius 2 is 1.56 bits per heavy atom. The molecule has 7 heteroatoms. The maximum Gasteiger partial charge on any atom is 0.322 e. The molecule has 0 unspecified atom stereocenters. The average Bonchev–Trinajstić information content (AvgIpc) is 3.18. The molecule has 2 saturated heterocycles. The number of fused-ring (bicyclic) bond motifs is 1. The van der Waals surface area contributed by atoms with E-state index in [-0.39, 0.29) is 17.7 Å². The number of anilines is 1. The molecule has 2 fully saturated rings. The van der Waals surface area contributed by atoms with Crippen LogP contribution in [0.2, 0.25) is 0 Å². The topological polar surface area (TPSA) is 81.8 Å². The van der Waals surface area contributed by atoms with Crippen LogP contribution in [0.3, 0.4) is 0 Å². The molecular weight excluding hydrogens is 428 g/mol. The number of urea groups is 1. The maximum absolute atomic E-state index is 13.1. The van der Waals surface area contributed by atoms with Gasteiger partial charge in [-0.3, -0.25) is 14.9 Å². The summed E-state index contributed by atoms with van der Waals surface area (Å²) < 4.78 is 0. The summed E-state index contributed by atoms with van der Waals surface area (Å²) >= 11 is 0. The zero-order chi connectivity index (χ0) is 23.9. The van der Waals surface area contributed by atoms with Crippen molar-refractivity contribution in [3.8, 4) is 0 Å². The molecule has 3 aromatic carbocycles. The van der Waals surface area contributed by atoms with E-state index in [0.717, 1.165) is 13.1 Å². The second kappa shape index (κ2) is 8.48. The van der Waals surface area contributed by atoms with Crippen molar-refractivity contribution >= 4 is 34.3 Å². The average molecular weight is 457 g/mol. The highest BCUT2D eigenvalue weighted by molar-refractivity contribution is 6.07. The van der Waals surface area contributed by atoms with Gasteiger partial charge in [0.15, 0.2) is 0 Å². The van der Waals surface area contributed by atoms with Crippen LogP contribution in [-0.2, 0) is 10.3 Å². The van der Waals surface area contributed by atoms with Crippen molar-refractivity contribution in [3.05, 3.63) is 77.9 Å². The van der Waals surface area contributed by atoms with Gasteiger partial charge in [-0.15, -0.1) is 0 Å². The highest BCUT2D eigenvalue weighted by atomic mass is 16.2. The van der Waals surface area contributed by atoms with Gasteiger partial charge in [0.2, 0.25) is 0 Å². The molecule has 2 heterocycles. The fraction of sp³-hybridized carbons (Fsp3) is 0.296. The second-order valence-corrected chi connectivity index (χ2v) is 9.26. The number of nitrogens with zero attached hydrogens (tertiary/aromatic N) is 2. The Balaban J connectivity index is 1.27. The van der Waals surface area contributed by atoms with E-state index >= 15 is 0 Å². The number of nitrogens with one attached hydrogen (secondary N) is 2. The molecule has 4 amide bonds. The molecule has 0 saturated carbocycles. The quantitative estimate of drug-likeness (QED) is 0.589. The predicted molar refractivity (Wildman–Crippen MR) is 132 cm³/mol. The van der Waals surface area contributed by atoms with Crippen LogP contribution in [0.25, 0.3) is 10.8 Å². The number of hydrogen-bond acceptors (Lipinski definition) is 4. The minimum atomic E-state index is -1.12. The number of benzene rings is 3. The molecule has 0 aliphatic carbocycles. The molecule has 0 radical (unpaired) electrons. The minimum Gasteiger partial charge on any atom is -0.368 e. The normalized spacial score (nSPS) is 20.6. The van der Waals surface area contributed by atoms with E-state index in [1.807, 2.05) is 30.9 Å². The third kappa shape index (κ3) is 3.67. The lowest BCUT2D eigenvalue weighted by atomic mass is 9.79. The van der Waals surface area contributed by atoms with Crippen molar-refractivity contribution in [2.75, 3.05) is 31.1 Å². The van der Waals surface area contributed by atoms with E-state index in [1.54, 1.807) is 24.3 Å². The smallest absolute Gasteiger partial charge is 0.322 e. The van der Waals surface area contributed by atoms with Crippen molar-refractivity contribution in [1.82, 2.24) is 15.5 Å². The molecule has 0 bridgehead atoms. The maximum atomic E-state index is 13.1. The van der Waals surface area contributed by atoms with E-state index in [4.69, 9.17) is 0 Å². The second-order valence-electron chi connectivity index (χ2n) is 9.26. The largest absolute Gasteiger partial charge is 0.368 e. The van der Waals surface area contributed by atoms with E-state index in [1.165, 1.54) is 16.5 Å². The Morgan fingerprint density at radius 3 is 2.18 bits per heavy atom. The molecule has 0 spiro atoms. The summed E-state index contributed by atoms with van der Waals surface area (Å²) in [6.07, 6.45) is 0. The predicted octanol–water partition coefficient (Wildman–Crippen LogP) is 3.49. The zero-order valence-electron chi connectivity index (χ0n) is 19.4. The Kier molecular flexibility index (Phi) is 5.48. The summed E-state index contributed by atoms with van der Waals surface area (Å²) in [4.78, 5) is 41.7. The monoisotopic (exact) mass is 456 g/mol. The van der Waals surface area contributed by atoms with E-state index in [0.29, 0.717) is 24.2 Å². The lowest BCUT2D eigenvalue weighted by Crippen LogP contribution is -2.49. The Bertz CT molecular complexity index is 1260. The summed E-state index contributed by atoms with van der Waals surface area (Å²) in [7, 11) is 0. The number of carbonyl (C=O) groups excluding carboxylic acids is 3. The number of carbonyl (C=O) groups is 3. The van der Waals surface area contributed by atoms with Gasteiger partial charge in [-0.05, 0) is 46.5 Å². The number of piperazine rings is 1. The molecule has 7 nitrogen and oxygen atoms in total. The van der Waals surface area contributed by atoms with Gasteiger partial charge in [-0.25, -0.2) is 4.79 Å². The minimum absolute atomic E-state index is 0.0248. The zero-order valence-corrected chi connectivity index (χ0v) is 19.4. The van der Waals surface area contributed by atoms with Crippen molar-refractivity contribution in [2.45, 2.75) is 19.4 Å². The molecule has 3 aromatic rings. The van der Waals surface area contributed by atoms with Gasteiger partial charge in [-0.2, -0.15) is 0 Å². The molecule has 2 aliphatic heterocycles. The van der Waals surface area contributed by atoms with Crippen LogP contribution in [-0.4, -0.2) is 48.9 Å². The number of amides is 4. The third-order valence-corrected chi connectivity index (χ3v) is 7.01. The van der Waals surface area contributed by atoms with E-state index in [2.05, 4.69) is 45.9 Å². The van der Waals surface area contributed by atoms with Crippen LogP contribution in [0.5, 0.6) is 0 Å². The van der Waals surface area contributed by atoms with Gasteiger partial charge in [-0.1, -0.05) is 56.3 Å². The van der Waals surface area contributed by atoms with Crippen LogP contribution >= 0.6 is 0 Å². The van der Waals surface area contributed by atoms with Gasteiger partial charge in [0.1, 0.15) is 5.54 Å². The summed E-state index contributed by atoms with van der Waals surface area (Å²) in [5.41, 5.74) is 1.30. The van der Waals surface area contributed by atoms with Gasteiger partial charge in [0, 0.05) is 37.4 Å². The van der Waals surface area contributed by atoms with E-state index < -0.39 is 11.6 Å². The van der Waals surface area contributed by atoms with Gasteiger partial charge >= 0.3 is 6.03 Å². The standard InChI is InChI=1S/C27H28N4O3/c1-18(2)27(25(33)28-26(34)29-27)22-10-7-20(8-11-22)24(32)31-15-13-30(14-16-31)23-12-9-19-5-3-4-6-21(19)17-23/h3-12,17-18H,13-16H2,1-2H3,(H2,28,29,33,34)/t27-/m1/s1. The summed E-state index contributed by atoms with van der Waals surface area (Å²) in [5.74, 6) is -0.539. The first-order valence-corrected chi connectivity index (χ1v) is 11.7. The van der Waals surface area contributed by atoms with Crippen LogP contribution in [0.4, 0.5) is 10.5 Å². The first-order valence-electron chi connectivity index (χ1n) is 11.7. The third-order valence-electron chi connectivity index (χ3n) is 7.01. The molecule has 5 rings (SSSR count). The molecule has 2 aliphatic rings. The van der Waals surface area contributed by atoms with Gasteiger partial charge in [0.25, 0.3) is 11.8 Å². The Morgan fingerprint density at radius 1 is 0.882 bits per heavy atom. The summed E-state index contributed by atoms with van der Waals surface area (Å²) in [5, 5.41) is 7.54. The first kappa shape index (κ1) is 21.9. The highest BCUT2D eigenvalue weighted by Crippen LogP contribution is 2.33. The summed E-state index contributed by atoms with van der Waals surface area (Å²) in [6.45, 7) is 6.60. The van der Waals surface area contributed by atoms with Crippen molar-refractivity contribution in [2.24, 2.45) is 5.92 Å². The number of hydrogen-bond donors (Lipinski definition) is 2. The van der Waals surface area contributed by atoms with Crippen LogP contribution in [0.15, 0.2) is 66.7 Å². The SMILES string of the molecule is CC(C)[C@]1(c2ccc(C(=O)N3CCN(c4ccc5ccccc5c4)CC3)cc2)NC(=O)NC1=O. The number of rotatable bonds is 4. The molecule has 174 valence electrons. The van der Waals surface area contributed by atoms with Crippen LogP contribution < -0.4 is 15.5 Å². The molecular formula is C27H28N4O3. The number of imide groups is 1. The van der Waals surface area contributed by atoms with E-state index in [9.17, 15) is 14.4 Å². The van der Waals surface area contributed by atoms with Gasteiger partial charge < -0.3 is 15.1 Å². The lowest BCUT2D eigenvalue weighted by molar-refractivity contribution is -0.125.